The van der Waals surface area contributed by atoms with E-state index in [1.54, 1.807) is 7.11 Å². The van der Waals surface area contributed by atoms with Gasteiger partial charge in [-0.2, -0.15) is 0 Å². The van der Waals surface area contributed by atoms with Gasteiger partial charge in [0.15, 0.2) is 0 Å². The van der Waals surface area contributed by atoms with Crippen LogP contribution in [0.1, 0.15) is 17.7 Å². The normalized spacial score (nSPS) is 10.5. The first-order valence-electron chi connectivity index (χ1n) is 8.38. The average molecular weight is 370 g/mol. The first-order chi connectivity index (χ1) is 12.6. The molecule has 0 saturated carbocycles. The van der Waals surface area contributed by atoms with Crippen molar-refractivity contribution in [2.45, 2.75) is 19.4 Å². The molecular formula is C21H20ClNO3. The van der Waals surface area contributed by atoms with Gasteiger partial charge >= 0.3 is 0 Å². The molecule has 26 heavy (non-hydrogen) atoms. The maximum absolute atomic E-state index is 12.1. The van der Waals surface area contributed by atoms with Crippen LogP contribution in [0.2, 0.25) is 5.02 Å². The molecule has 0 aliphatic rings. The summed E-state index contributed by atoms with van der Waals surface area (Å²) in [6.45, 7) is 0.366. The molecule has 0 radical (unpaired) electrons. The summed E-state index contributed by atoms with van der Waals surface area (Å²) in [5.74, 6) is 2.25. The van der Waals surface area contributed by atoms with Gasteiger partial charge in [-0.25, -0.2) is 0 Å². The van der Waals surface area contributed by atoms with Gasteiger partial charge < -0.3 is 14.5 Å². The molecule has 1 N–H and O–H groups in total. The highest BCUT2D eigenvalue weighted by atomic mass is 35.5. The third-order valence-corrected chi connectivity index (χ3v) is 4.28. The second-order valence-electron chi connectivity index (χ2n) is 5.90. The fraction of sp³-hybridized carbons (Fsp3) is 0.190. The number of nitrogens with one attached hydrogen (secondary N) is 1. The number of furan rings is 1. The van der Waals surface area contributed by atoms with Crippen LogP contribution in [0.25, 0.3) is 11.3 Å². The molecule has 0 spiro atoms. The number of rotatable bonds is 7. The Morgan fingerprint density at radius 3 is 2.69 bits per heavy atom. The summed E-state index contributed by atoms with van der Waals surface area (Å²) in [5.41, 5.74) is 2.02. The predicted molar refractivity (Wildman–Crippen MR) is 102 cm³/mol. The third-order valence-electron chi connectivity index (χ3n) is 4.03. The highest BCUT2D eigenvalue weighted by molar-refractivity contribution is 6.30. The number of carbonyl (C=O) groups excluding carboxylic acids is 1. The molecule has 0 atom stereocenters. The van der Waals surface area contributed by atoms with Crippen LogP contribution in [0, 0.1) is 0 Å². The maximum atomic E-state index is 12.1. The fourth-order valence-corrected chi connectivity index (χ4v) is 2.73. The van der Waals surface area contributed by atoms with E-state index < -0.39 is 0 Å². The van der Waals surface area contributed by atoms with Gasteiger partial charge in [0.2, 0.25) is 5.91 Å². The Kier molecular flexibility index (Phi) is 5.97. The number of amides is 1. The van der Waals surface area contributed by atoms with E-state index in [2.05, 4.69) is 5.32 Å². The van der Waals surface area contributed by atoms with Gasteiger partial charge in [0.05, 0.1) is 13.7 Å². The molecule has 0 aliphatic carbocycles. The highest BCUT2D eigenvalue weighted by Crippen LogP contribution is 2.23. The highest BCUT2D eigenvalue weighted by Gasteiger charge is 2.07. The Labute approximate surface area is 157 Å². The summed E-state index contributed by atoms with van der Waals surface area (Å²) in [7, 11) is 1.63. The third kappa shape index (κ3) is 4.90. The quantitative estimate of drug-likeness (QED) is 0.647. The zero-order valence-electron chi connectivity index (χ0n) is 14.5. The van der Waals surface area contributed by atoms with Crippen molar-refractivity contribution in [1.82, 2.24) is 5.32 Å². The largest absolute Gasteiger partial charge is 0.497 e. The van der Waals surface area contributed by atoms with E-state index in [1.165, 1.54) is 0 Å². The standard InChI is InChI=1S/C21H20ClNO3/c1-25-18-4-2-3-15(13-18)5-12-21(24)23-14-19-10-11-20(26-19)16-6-8-17(22)9-7-16/h2-4,6-11,13H,5,12,14H2,1H3,(H,23,24). The maximum Gasteiger partial charge on any atom is 0.220 e. The Morgan fingerprint density at radius 2 is 1.92 bits per heavy atom. The van der Waals surface area contributed by atoms with Crippen LogP contribution in [0.3, 0.4) is 0 Å². The molecule has 3 rings (SSSR count). The topological polar surface area (TPSA) is 51.5 Å². The van der Waals surface area contributed by atoms with Crippen LogP contribution in [-0.4, -0.2) is 13.0 Å². The second kappa shape index (κ2) is 8.59. The van der Waals surface area contributed by atoms with E-state index >= 15 is 0 Å². The van der Waals surface area contributed by atoms with Crippen molar-refractivity contribution in [3.63, 3.8) is 0 Å². The summed E-state index contributed by atoms with van der Waals surface area (Å²) in [4.78, 5) is 12.1. The number of ether oxygens (including phenoxy) is 1. The van der Waals surface area contributed by atoms with Crippen LogP contribution < -0.4 is 10.1 Å². The summed E-state index contributed by atoms with van der Waals surface area (Å²) >= 11 is 5.89. The van der Waals surface area contributed by atoms with E-state index in [0.29, 0.717) is 30.2 Å². The van der Waals surface area contributed by atoms with E-state index in [9.17, 15) is 4.79 Å². The predicted octanol–water partition coefficient (Wildman–Crippen LogP) is 4.86. The van der Waals surface area contributed by atoms with Crippen molar-refractivity contribution in [2.75, 3.05) is 7.11 Å². The van der Waals surface area contributed by atoms with Crippen LogP contribution >= 0.6 is 11.6 Å². The summed E-state index contributed by atoms with van der Waals surface area (Å²) in [5, 5.41) is 3.57. The van der Waals surface area contributed by atoms with Gasteiger partial charge in [0, 0.05) is 17.0 Å². The molecule has 5 heteroatoms. The number of halogens is 1. The Balaban J connectivity index is 1.49. The molecular weight excluding hydrogens is 350 g/mol. The minimum absolute atomic E-state index is 0.0164. The monoisotopic (exact) mass is 369 g/mol. The molecule has 0 fully saturated rings. The van der Waals surface area contributed by atoms with E-state index in [4.69, 9.17) is 20.8 Å². The number of benzene rings is 2. The Morgan fingerprint density at radius 1 is 1.12 bits per heavy atom. The SMILES string of the molecule is COc1cccc(CCC(=O)NCc2ccc(-c3ccc(Cl)cc3)o2)c1. The molecule has 4 nitrogen and oxygen atoms in total. The first kappa shape index (κ1) is 18.1. The lowest BCUT2D eigenvalue weighted by atomic mass is 10.1. The molecule has 1 heterocycles. The lowest BCUT2D eigenvalue weighted by Crippen LogP contribution is -2.22. The number of carbonyl (C=O) groups is 1. The van der Waals surface area contributed by atoms with Crippen LogP contribution in [-0.2, 0) is 17.8 Å². The van der Waals surface area contributed by atoms with E-state index in [0.717, 1.165) is 22.6 Å². The summed E-state index contributed by atoms with van der Waals surface area (Å²) in [6, 6.07) is 18.9. The molecule has 0 aliphatic heterocycles. The lowest BCUT2D eigenvalue weighted by molar-refractivity contribution is -0.121. The summed E-state index contributed by atoms with van der Waals surface area (Å²) in [6.07, 6.45) is 1.08. The number of aryl methyl sites for hydroxylation is 1. The zero-order valence-corrected chi connectivity index (χ0v) is 15.3. The first-order valence-corrected chi connectivity index (χ1v) is 8.76. The van der Waals surface area contributed by atoms with Crippen LogP contribution in [0.4, 0.5) is 0 Å². The van der Waals surface area contributed by atoms with E-state index in [1.807, 2.05) is 60.7 Å². The smallest absolute Gasteiger partial charge is 0.220 e. The number of hydrogen-bond donors (Lipinski definition) is 1. The lowest BCUT2D eigenvalue weighted by Gasteiger charge is -2.05. The fourth-order valence-electron chi connectivity index (χ4n) is 2.60. The van der Waals surface area contributed by atoms with Crippen molar-refractivity contribution in [3.05, 3.63) is 77.0 Å². The molecule has 0 bridgehead atoms. The van der Waals surface area contributed by atoms with Crippen molar-refractivity contribution in [2.24, 2.45) is 0 Å². The van der Waals surface area contributed by atoms with Gasteiger partial charge in [-0.05, 0) is 60.5 Å². The van der Waals surface area contributed by atoms with Crippen molar-refractivity contribution >= 4 is 17.5 Å². The van der Waals surface area contributed by atoms with E-state index in [-0.39, 0.29) is 5.91 Å². The summed E-state index contributed by atoms with van der Waals surface area (Å²) < 4.78 is 11.0. The molecule has 1 amide bonds. The van der Waals surface area contributed by atoms with Gasteiger partial charge in [-0.1, -0.05) is 23.7 Å². The Bertz CT molecular complexity index is 871. The van der Waals surface area contributed by atoms with Gasteiger partial charge in [-0.3, -0.25) is 4.79 Å². The molecule has 0 unspecified atom stereocenters. The second-order valence-corrected chi connectivity index (χ2v) is 6.34. The average Bonchev–Trinajstić information content (AvgIpc) is 3.14. The minimum atomic E-state index is -0.0164. The van der Waals surface area contributed by atoms with Crippen molar-refractivity contribution < 1.29 is 13.9 Å². The molecule has 1 aromatic heterocycles. The zero-order chi connectivity index (χ0) is 18.4. The van der Waals surface area contributed by atoms with Gasteiger partial charge in [0.25, 0.3) is 0 Å². The molecule has 0 saturated heterocycles. The van der Waals surface area contributed by atoms with Crippen molar-refractivity contribution in [1.29, 1.82) is 0 Å². The molecule has 2 aromatic carbocycles. The van der Waals surface area contributed by atoms with Crippen LogP contribution in [0.5, 0.6) is 5.75 Å². The van der Waals surface area contributed by atoms with Gasteiger partial charge in [0.1, 0.15) is 17.3 Å². The van der Waals surface area contributed by atoms with Crippen LogP contribution in [0.15, 0.2) is 65.1 Å². The minimum Gasteiger partial charge on any atom is -0.497 e. The van der Waals surface area contributed by atoms with Gasteiger partial charge in [-0.15, -0.1) is 0 Å². The number of methoxy groups -OCH3 is 1. The molecule has 3 aromatic rings. The molecule has 134 valence electrons. The number of hydrogen-bond acceptors (Lipinski definition) is 3. The Hall–Kier alpha value is -2.72. The van der Waals surface area contributed by atoms with Crippen molar-refractivity contribution in [3.8, 4) is 17.1 Å².